The predicted octanol–water partition coefficient (Wildman–Crippen LogP) is 3.68. The molecule has 4 aromatic rings. The van der Waals surface area contributed by atoms with Gasteiger partial charge in [-0.3, -0.25) is 15.0 Å². The summed E-state index contributed by atoms with van der Waals surface area (Å²) in [5, 5.41) is 0.400. The Morgan fingerprint density at radius 3 is 2.45 bits per heavy atom. The Morgan fingerprint density at radius 1 is 1.00 bits per heavy atom. The molecule has 4 rings (SSSR count). The summed E-state index contributed by atoms with van der Waals surface area (Å²) in [6.07, 6.45) is 0. The third-order valence-corrected chi connectivity index (χ3v) is 4.86. The van der Waals surface area contributed by atoms with Gasteiger partial charge in [-0.05, 0) is 55.0 Å². The van der Waals surface area contributed by atoms with Gasteiger partial charge in [0.2, 0.25) is 0 Å². The molecule has 1 N–H and O–H groups in total. The first-order valence-electron chi connectivity index (χ1n) is 9.71. The van der Waals surface area contributed by atoms with E-state index in [2.05, 4.69) is 10.4 Å². The minimum absolute atomic E-state index is 0.00776. The van der Waals surface area contributed by atoms with Crippen LogP contribution in [-0.4, -0.2) is 22.7 Å². The fourth-order valence-corrected chi connectivity index (χ4v) is 3.16. The van der Waals surface area contributed by atoms with Crippen LogP contribution >= 0.6 is 0 Å². The Kier molecular flexibility index (Phi) is 5.66. The van der Waals surface area contributed by atoms with E-state index in [9.17, 15) is 9.59 Å². The number of nitrogens with zero attached hydrogens (tertiary/aromatic N) is 2. The van der Waals surface area contributed by atoms with Crippen LogP contribution in [0, 0.1) is 6.92 Å². The second-order valence-corrected chi connectivity index (χ2v) is 6.91. The number of carbonyl (C=O) groups excluding carboxylic acids is 1. The number of hydrogen-bond donors (Lipinski definition) is 1. The molecule has 0 atom stereocenters. The maximum Gasteiger partial charge on any atom is 0.280 e. The average molecular weight is 415 g/mol. The molecule has 7 heteroatoms. The highest BCUT2D eigenvalue weighted by molar-refractivity contribution is 6.00. The van der Waals surface area contributed by atoms with E-state index in [1.807, 2.05) is 31.2 Å². The van der Waals surface area contributed by atoms with Crippen LogP contribution in [-0.2, 0) is 6.61 Å². The lowest BCUT2D eigenvalue weighted by Crippen LogP contribution is -2.37. The molecule has 0 saturated carbocycles. The van der Waals surface area contributed by atoms with Gasteiger partial charge in [-0.2, -0.15) is 4.68 Å². The smallest absolute Gasteiger partial charge is 0.280 e. The molecule has 0 unspecified atom stereocenters. The minimum atomic E-state index is -0.445. The number of methoxy groups -OCH3 is 1. The third-order valence-electron chi connectivity index (χ3n) is 4.86. The van der Waals surface area contributed by atoms with Gasteiger partial charge in [-0.1, -0.05) is 30.3 Å². The standard InChI is InChI=1S/C24H21N3O4/c1-16-7-3-6-10-21(16)31-15-22-25-20-9-5-4-8-19(20)24(29)27(22)26-23(28)17-11-13-18(30-2)14-12-17/h3-14H,15H2,1-2H3,(H,26,28). The summed E-state index contributed by atoms with van der Waals surface area (Å²) in [6, 6.07) is 21.2. The summed E-state index contributed by atoms with van der Waals surface area (Å²) in [5.74, 6) is 1.15. The molecular formula is C24H21N3O4. The monoisotopic (exact) mass is 415 g/mol. The van der Waals surface area contributed by atoms with E-state index >= 15 is 0 Å². The molecule has 0 aliphatic heterocycles. The van der Waals surface area contributed by atoms with Crippen LogP contribution in [0.25, 0.3) is 10.9 Å². The van der Waals surface area contributed by atoms with Crippen LogP contribution in [0.15, 0.2) is 77.6 Å². The molecule has 1 heterocycles. The normalized spacial score (nSPS) is 10.6. The van der Waals surface area contributed by atoms with Crippen molar-refractivity contribution in [3.05, 3.63) is 100 Å². The van der Waals surface area contributed by atoms with Crippen LogP contribution in [0.2, 0.25) is 0 Å². The lowest BCUT2D eigenvalue weighted by molar-refractivity contribution is 0.100. The number of aryl methyl sites for hydroxylation is 1. The number of benzene rings is 3. The third kappa shape index (κ3) is 4.25. The highest BCUT2D eigenvalue weighted by Gasteiger charge is 2.15. The molecule has 0 saturated heterocycles. The van der Waals surface area contributed by atoms with E-state index in [1.54, 1.807) is 55.6 Å². The van der Waals surface area contributed by atoms with Crippen molar-refractivity contribution in [3.8, 4) is 11.5 Å². The number of hydrogen-bond acceptors (Lipinski definition) is 5. The Balaban J connectivity index is 1.70. The van der Waals surface area contributed by atoms with Crippen molar-refractivity contribution in [3.63, 3.8) is 0 Å². The number of rotatable bonds is 6. The van der Waals surface area contributed by atoms with Crippen LogP contribution < -0.4 is 20.5 Å². The van der Waals surface area contributed by atoms with Crippen molar-refractivity contribution in [1.82, 2.24) is 9.66 Å². The Bertz CT molecular complexity index is 1300. The lowest BCUT2D eigenvalue weighted by atomic mass is 10.2. The number of amides is 1. The first-order valence-corrected chi connectivity index (χ1v) is 9.71. The molecule has 0 radical (unpaired) electrons. The first kappa shape index (κ1) is 20.2. The number of ether oxygens (including phenoxy) is 2. The van der Waals surface area contributed by atoms with Crippen molar-refractivity contribution in [2.24, 2.45) is 0 Å². The molecule has 0 aliphatic rings. The molecule has 1 amide bonds. The number of para-hydroxylation sites is 2. The van der Waals surface area contributed by atoms with E-state index in [0.717, 1.165) is 10.2 Å². The second-order valence-electron chi connectivity index (χ2n) is 6.91. The van der Waals surface area contributed by atoms with Crippen molar-refractivity contribution < 1.29 is 14.3 Å². The number of fused-ring (bicyclic) bond motifs is 1. The predicted molar refractivity (Wildman–Crippen MR) is 118 cm³/mol. The first-order chi connectivity index (χ1) is 15.1. The fourth-order valence-electron chi connectivity index (χ4n) is 3.16. The molecule has 0 spiro atoms. The summed E-state index contributed by atoms with van der Waals surface area (Å²) in [7, 11) is 1.55. The van der Waals surface area contributed by atoms with Crippen molar-refractivity contribution in [1.29, 1.82) is 0 Å². The molecule has 0 bridgehead atoms. The van der Waals surface area contributed by atoms with Gasteiger partial charge in [0.25, 0.3) is 11.5 Å². The summed E-state index contributed by atoms with van der Waals surface area (Å²) in [5.41, 5.74) is 4.15. The molecular weight excluding hydrogens is 394 g/mol. The van der Waals surface area contributed by atoms with Gasteiger partial charge >= 0.3 is 0 Å². The minimum Gasteiger partial charge on any atom is -0.497 e. The highest BCUT2D eigenvalue weighted by Crippen LogP contribution is 2.18. The quantitative estimate of drug-likeness (QED) is 0.520. The van der Waals surface area contributed by atoms with Crippen LogP contribution in [0.5, 0.6) is 11.5 Å². The molecule has 3 aromatic carbocycles. The van der Waals surface area contributed by atoms with Crippen LogP contribution in [0.3, 0.4) is 0 Å². The van der Waals surface area contributed by atoms with Gasteiger partial charge < -0.3 is 9.47 Å². The Labute approximate surface area is 178 Å². The van der Waals surface area contributed by atoms with E-state index in [4.69, 9.17) is 9.47 Å². The maximum absolute atomic E-state index is 13.1. The van der Waals surface area contributed by atoms with Gasteiger partial charge in [0.15, 0.2) is 5.82 Å². The summed E-state index contributed by atoms with van der Waals surface area (Å²) >= 11 is 0. The summed E-state index contributed by atoms with van der Waals surface area (Å²) in [6.45, 7) is 1.94. The summed E-state index contributed by atoms with van der Waals surface area (Å²) < 4.78 is 12.2. The average Bonchev–Trinajstić information content (AvgIpc) is 2.80. The molecule has 156 valence electrons. The van der Waals surface area contributed by atoms with E-state index in [0.29, 0.717) is 28.0 Å². The van der Waals surface area contributed by atoms with Gasteiger partial charge in [-0.25, -0.2) is 4.98 Å². The molecule has 0 fully saturated rings. The van der Waals surface area contributed by atoms with Crippen molar-refractivity contribution in [2.75, 3.05) is 12.5 Å². The highest BCUT2D eigenvalue weighted by atomic mass is 16.5. The van der Waals surface area contributed by atoms with Crippen LogP contribution in [0.1, 0.15) is 21.7 Å². The maximum atomic E-state index is 13.1. The van der Waals surface area contributed by atoms with E-state index < -0.39 is 5.91 Å². The van der Waals surface area contributed by atoms with Gasteiger partial charge in [0.05, 0.1) is 18.0 Å². The Morgan fingerprint density at radius 2 is 1.71 bits per heavy atom. The largest absolute Gasteiger partial charge is 0.497 e. The van der Waals surface area contributed by atoms with Crippen molar-refractivity contribution >= 4 is 16.8 Å². The fraction of sp³-hybridized carbons (Fsp3) is 0.125. The van der Waals surface area contributed by atoms with Crippen LogP contribution in [0.4, 0.5) is 0 Å². The molecule has 1 aromatic heterocycles. The molecule has 7 nitrogen and oxygen atoms in total. The zero-order valence-electron chi connectivity index (χ0n) is 17.2. The lowest BCUT2D eigenvalue weighted by Gasteiger charge is -2.16. The molecule has 0 aliphatic carbocycles. The zero-order chi connectivity index (χ0) is 21.8. The topological polar surface area (TPSA) is 82.4 Å². The second kappa shape index (κ2) is 8.71. The number of carbonyl (C=O) groups is 1. The van der Waals surface area contributed by atoms with Gasteiger partial charge in [0.1, 0.15) is 18.1 Å². The SMILES string of the molecule is COc1ccc(C(=O)Nn2c(COc3ccccc3C)nc3ccccc3c2=O)cc1. The van der Waals surface area contributed by atoms with Crippen molar-refractivity contribution in [2.45, 2.75) is 13.5 Å². The van der Waals surface area contributed by atoms with E-state index in [-0.39, 0.29) is 18.0 Å². The number of aromatic nitrogens is 2. The van der Waals surface area contributed by atoms with Gasteiger partial charge in [0, 0.05) is 5.56 Å². The van der Waals surface area contributed by atoms with E-state index in [1.165, 1.54) is 0 Å². The Hall–Kier alpha value is -4.13. The summed E-state index contributed by atoms with van der Waals surface area (Å²) in [4.78, 5) is 30.5. The van der Waals surface area contributed by atoms with Gasteiger partial charge in [-0.15, -0.1) is 0 Å². The molecule has 31 heavy (non-hydrogen) atoms. The zero-order valence-corrected chi connectivity index (χ0v) is 17.2. The number of nitrogens with one attached hydrogen (secondary N) is 1.